The molecular weight excluding hydrogens is 421 g/mol. The number of carbonyl (C=O) groups excluding carboxylic acids is 1. The summed E-state index contributed by atoms with van der Waals surface area (Å²) in [6.45, 7) is 0. The molecule has 32 heavy (non-hydrogen) atoms. The van der Waals surface area contributed by atoms with Crippen LogP contribution < -0.4 is 0 Å². The van der Waals surface area contributed by atoms with Crippen molar-refractivity contribution in [3.05, 3.63) is 76.6 Å². The fourth-order valence-corrected chi connectivity index (χ4v) is 4.55. The summed E-state index contributed by atoms with van der Waals surface area (Å²) < 4.78 is 40.3. The normalized spacial score (nSPS) is 16.1. The first-order chi connectivity index (χ1) is 15.1. The molecular formula is C24H23F3N2O3. The van der Waals surface area contributed by atoms with E-state index < -0.39 is 17.7 Å². The molecule has 8 heteroatoms. The van der Waals surface area contributed by atoms with Crippen LogP contribution in [0.2, 0.25) is 0 Å². The Balaban J connectivity index is 1.52. The second kappa shape index (κ2) is 8.33. The number of halogens is 3. The lowest BCUT2D eigenvalue weighted by Crippen LogP contribution is -2.41. The maximum atomic E-state index is 12.8. The lowest BCUT2D eigenvalue weighted by molar-refractivity contribution is -0.138. The third-order valence-corrected chi connectivity index (χ3v) is 6.23. The van der Waals surface area contributed by atoms with Gasteiger partial charge < -0.3 is 14.4 Å². The van der Waals surface area contributed by atoms with Crippen LogP contribution in [0.1, 0.15) is 34.4 Å². The highest BCUT2D eigenvalue weighted by atomic mass is 19.4. The molecule has 0 bridgehead atoms. The van der Waals surface area contributed by atoms with Crippen molar-refractivity contribution in [2.24, 2.45) is 0 Å². The number of nitrogens with zero attached hydrogens (tertiary/aromatic N) is 2. The predicted molar refractivity (Wildman–Crippen MR) is 112 cm³/mol. The number of likely N-dealkylation sites (N-methyl/N-ethyl adjacent to an activating group) is 1. The Morgan fingerprint density at radius 2 is 1.84 bits per heavy atom. The van der Waals surface area contributed by atoms with Crippen LogP contribution in [0, 0.1) is 0 Å². The summed E-state index contributed by atoms with van der Waals surface area (Å²) in [7, 11) is 1.72. The Labute approximate surface area is 183 Å². The maximum Gasteiger partial charge on any atom is 0.416 e. The number of aliphatic carboxylic acids is 1. The number of alkyl halides is 3. The quantitative estimate of drug-likeness (QED) is 0.643. The summed E-state index contributed by atoms with van der Waals surface area (Å²) in [4.78, 5) is 25.9. The number of pyridine rings is 1. The summed E-state index contributed by atoms with van der Waals surface area (Å²) in [6, 6.07) is 10.3. The molecule has 1 aliphatic carbocycles. The zero-order valence-corrected chi connectivity index (χ0v) is 17.5. The highest BCUT2D eigenvalue weighted by Crippen LogP contribution is 2.33. The number of fused-ring (bicyclic) bond motifs is 3. The largest absolute Gasteiger partial charge is 0.481 e. The van der Waals surface area contributed by atoms with Crippen LogP contribution in [0.25, 0.3) is 5.52 Å². The molecule has 3 aromatic rings. The van der Waals surface area contributed by atoms with E-state index in [9.17, 15) is 27.9 Å². The van der Waals surface area contributed by atoms with Gasteiger partial charge in [-0.05, 0) is 53.8 Å². The van der Waals surface area contributed by atoms with Crippen LogP contribution in [-0.2, 0) is 41.4 Å². The van der Waals surface area contributed by atoms with Crippen LogP contribution in [0.5, 0.6) is 0 Å². The lowest BCUT2D eigenvalue weighted by Gasteiger charge is -2.32. The van der Waals surface area contributed by atoms with E-state index in [2.05, 4.69) is 0 Å². The monoisotopic (exact) mass is 444 g/mol. The van der Waals surface area contributed by atoms with Crippen molar-refractivity contribution >= 4 is 17.4 Å². The van der Waals surface area contributed by atoms with Gasteiger partial charge in [0.05, 0.1) is 18.4 Å². The second-order valence-electron chi connectivity index (χ2n) is 8.20. The van der Waals surface area contributed by atoms with Gasteiger partial charge in [-0.25, -0.2) is 0 Å². The Hall–Kier alpha value is -3.29. The Kier molecular flexibility index (Phi) is 5.71. The lowest BCUT2D eigenvalue weighted by atomic mass is 9.89. The average molecular weight is 444 g/mol. The number of benzene rings is 1. The molecule has 0 saturated carbocycles. The van der Waals surface area contributed by atoms with E-state index in [0.29, 0.717) is 24.8 Å². The van der Waals surface area contributed by atoms with Gasteiger partial charge in [0.2, 0.25) is 5.91 Å². The molecule has 5 nitrogen and oxygen atoms in total. The minimum absolute atomic E-state index is 0.0250. The Morgan fingerprint density at radius 1 is 1.12 bits per heavy atom. The van der Waals surface area contributed by atoms with Gasteiger partial charge in [-0.15, -0.1) is 0 Å². The van der Waals surface area contributed by atoms with Crippen molar-refractivity contribution in [1.82, 2.24) is 9.30 Å². The second-order valence-corrected chi connectivity index (χ2v) is 8.20. The standard InChI is InChI=1S/C24H23F3N2O3/c1-28(22(30)12-15-5-7-16(8-6-15)24(25,26)27)17-9-10-18-19(14-23(31)32)20-4-2-3-11-29(20)21(18)13-17/h2-8,11,17H,9-10,12-14H2,1H3,(H,31,32)/t17-/m1/s1. The number of carboxylic acid groups (broad SMARTS) is 1. The Bertz CT molecular complexity index is 1170. The Morgan fingerprint density at radius 3 is 2.50 bits per heavy atom. The molecule has 2 heterocycles. The van der Waals surface area contributed by atoms with Crippen molar-refractivity contribution in [3.8, 4) is 0 Å². The first-order valence-electron chi connectivity index (χ1n) is 10.4. The number of aromatic nitrogens is 1. The van der Waals surface area contributed by atoms with Crippen molar-refractivity contribution in [3.63, 3.8) is 0 Å². The SMILES string of the molecule is CN(C(=O)Cc1ccc(C(F)(F)F)cc1)[C@@H]1CCc2c(CC(=O)O)c3ccccn3c2C1. The fourth-order valence-electron chi connectivity index (χ4n) is 4.55. The summed E-state index contributed by atoms with van der Waals surface area (Å²) in [5.74, 6) is -1.04. The number of carbonyl (C=O) groups is 2. The number of amides is 1. The molecule has 0 saturated heterocycles. The molecule has 0 fully saturated rings. The summed E-state index contributed by atoms with van der Waals surface area (Å²) in [5.41, 5.74) is 3.55. The average Bonchev–Trinajstić information content (AvgIpc) is 3.05. The van der Waals surface area contributed by atoms with Crippen LogP contribution in [0.15, 0.2) is 48.7 Å². The smallest absolute Gasteiger partial charge is 0.416 e. The van der Waals surface area contributed by atoms with Crippen molar-refractivity contribution < 1.29 is 27.9 Å². The predicted octanol–water partition coefficient (Wildman–Crippen LogP) is 4.14. The van der Waals surface area contributed by atoms with E-state index in [1.54, 1.807) is 11.9 Å². The van der Waals surface area contributed by atoms with E-state index in [1.165, 1.54) is 12.1 Å². The molecule has 0 aliphatic heterocycles. The number of carboxylic acids is 1. The van der Waals surface area contributed by atoms with Gasteiger partial charge in [-0.2, -0.15) is 13.2 Å². The highest BCUT2D eigenvalue weighted by molar-refractivity contribution is 5.79. The van der Waals surface area contributed by atoms with Gasteiger partial charge >= 0.3 is 12.1 Å². The topological polar surface area (TPSA) is 62.0 Å². The third kappa shape index (κ3) is 4.22. The highest BCUT2D eigenvalue weighted by Gasteiger charge is 2.31. The molecule has 1 amide bonds. The molecule has 2 aromatic heterocycles. The van der Waals surface area contributed by atoms with Gasteiger partial charge in [0.1, 0.15) is 0 Å². The maximum absolute atomic E-state index is 12.8. The number of hydrogen-bond acceptors (Lipinski definition) is 2. The molecule has 1 atom stereocenters. The minimum atomic E-state index is -4.40. The van der Waals surface area contributed by atoms with Crippen LogP contribution >= 0.6 is 0 Å². The van der Waals surface area contributed by atoms with Gasteiger partial charge in [-0.3, -0.25) is 9.59 Å². The minimum Gasteiger partial charge on any atom is -0.481 e. The van der Waals surface area contributed by atoms with E-state index in [4.69, 9.17) is 0 Å². The molecule has 1 N–H and O–H groups in total. The van der Waals surface area contributed by atoms with Crippen molar-refractivity contribution in [2.75, 3.05) is 7.05 Å². The first kappa shape index (κ1) is 21.9. The van der Waals surface area contributed by atoms with Gasteiger partial charge in [0.15, 0.2) is 0 Å². The number of hydrogen-bond donors (Lipinski definition) is 1. The zero-order chi connectivity index (χ0) is 23.0. The van der Waals surface area contributed by atoms with Gasteiger partial charge in [0.25, 0.3) is 0 Å². The summed E-state index contributed by atoms with van der Waals surface area (Å²) in [6.07, 6.45) is -0.554. The number of rotatable bonds is 5. The van der Waals surface area contributed by atoms with Crippen LogP contribution in [0.3, 0.4) is 0 Å². The zero-order valence-electron chi connectivity index (χ0n) is 17.5. The molecule has 0 spiro atoms. The van der Waals surface area contributed by atoms with Gasteiger partial charge in [0, 0.05) is 36.9 Å². The molecule has 4 rings (SSSR count). The summed E-state index contributed by atoms with van der Waals surface area (Å²) in [5, 5.41) is 9.34. The van der Waals surface area contributed by atoms with Gasteiger partial charge in [-0.1, -0.05) is 18.2 Å². The van der Waals surface area contributed by atoms with Crippen LogP contribution in [-0.4, -0.2) is 39.4 Å². The third-order valence-electron chi connectivity index (χ3n) is 6.23. The van der Waals surface area contributed by atoms with Crippen molar-refractivity contribution in [1.29, 1.82) is 0 Å². The fraction of sp³-hybridized carbons (Fsp3) is 0.333. The van der Waals surface area contributed by atoms with E-state index >= 15 is 0 Å². The van der Waals surface area contributed by atoms with E-state index in [0.717, 1.165) is 34.5 Å². The van der Waals surface area contributed by atoms with Crippen LogP contribution in [0.4, 0.5) is 13.2 Å². The molecule has 1 aromatic carbocycles. The van der Waals surface area contributed by atoms with E-state index in [-0.39, 0.29) is 24.8 Å². The summed E-state index contributed by atoms with van der Waals surface area (Å²) >= 11 is 0. The molecule has 0 radical (unpaired) electrons. The molecule has 168 valence electrons. The van der Waals surface area contributed by atoms with Crippen molar-refractivity contribution in [2.45, 2.75) is 44.3 Å². The molecule has 0 unspecified atom stereocenters. The molecule has 1 aliphatic rings. The van der Waals surface area contributed by atoms with E-state index in [1.807, 2.05) is 28.8 Å². The first-order valence-corrected chi connectivity index (χ1v) is 10.4.